The van der Waals surface area contributed by atoms with Crippen LogP contribution in [-0.2, 0) is 13.1 Å². The Kier molecular flexibility index (Phi) is 5.40. The highest BCUT2D eigenvalue weighted by Gasteiger charge is 2.26. The van der Waals surface area contributed by atoms with Gasteiger partial charge in [0.05, 0.1) is 5.69 Å². The van der Waals surface area contributed by atoms with E-state index >= 15 is 0 Å². The summed E-state index contributed by atoms with van der Waals surface area (Å²) in [4.78, 5) is 4.96. The number of piperidine rings is 2. The summed E-state index contributed by atoms with van der Waals surface area (Å²) in [6.07, 6.45) is 5.08. The number of aromatic nitrogens is 5. The van der Waals surface area contributed by atoms with Crippen LogP contribution in [0.5, 0.6) is 0 Å². The van der Waals surface area contributed by atoms with Crippen molar-refractivity contribution < 1.29 is 4.63 Å². The highest BCUT2D eigenvalue weighted by atomic mass is 16.6. The van der Waals surface area contributed by atoms with E-state index in [-0.39, 0.29) is 5.82 Å². The molecule has 148 valence electrons. The Bertz CT molecular complexity index is 756. The number of nitrogens with zero attached hydrogens (tertiary/aromatic N) is 7. The van der Waals surface area contributed by atoms with Crippen LogP contribution in [0.25, 0.3) is 5.82 Å². The van der Waals surface area contributed by atoms with Crippen molar-refractivity contribution in [3.8, 4) is 5.82 Å². The molecule has 27 heavy (non-hydrogen) atoms. The average molecular weight is 374 g/mol. The fraction of sp³-hybridized carbons (Fsp3) is 0.778. The molecular weight excluding hydrogens is 344 g/mol. The molecule has 2 aromatic heterocycles. The molecule has 2 N–H and O–H groups in total. The third-order valence-corrected chi connectivity index (χ3v) is 5.77. The molecule has 2 aliphatic heterocycles. The van der Waals surface area contributed by atoms with Gasteiger partial charge >= 0.3 is 0 Å². The molecule has 2 atom stereocenters. The molecule has 2 aliphatic rings. The first kappa shape index (κ1) is 18.4. The Morgan fingerprint density at radius 2 is 1.67 bits per heavy atom. The zero-order valence-electron chi connectivity index (χ0n) is 16.3. The van der Waals surface area contributed by atoms with Gasteiger partial charge in [-0.15, -0.1) is 5.10 Å². The van der Waals surface area contributed by atoms with Gasteiger partial charge in [-0.05, 0) is 60.9 Å². The number of nitrogens with two attached hydrogens (primary N) is 1. The SMILES string of the molecule is C[C@H]1CCCN(Cc2nnn(-c3nonc3N)c2CN2CCC[C@H](C)C2)C1. The average Bonchev–Trinajstić information content (AvgIpc) is 3.21. The van der Waals surface area contributed by atoms with Crippen LogP contribution in [0.3, 0.4) is 0 Å². The van der Waals surface area contributed by atoms with Crippen molar-refractivity contribution in [2.24, 2.45) is 11.8 Å². The molecule has 4 heterocycles. The van der Waals surface area contributed by atoms with E-state index in [2.05, 4.69) is 44.3 Å². The second kappa shape index (κ2) is 7.93. The molecule has 0 unspecified atom stereocenters. The summed E-state index contributed by atoms with van der Waals surface area (Å²) >= 11 is 0. The van der Waals surface area contributed by atoms with Crippen LogP contribution >= 0.6 is 0 Å². The van der Waals surface area contributed by atoms with E-state index in [0.717, 1.165) is 56.6 Å². The van der Waals surface area contributed by atoms with Crippen LogP contribution in [-0.4, -0.2) is 61.3 Å². The van der Waals surface area contributed by atoms with E-state index in [9.17, 15) is 0 Å². The van der Waals surface area contributed by atoms with Gasteiger partial charge in [-0.25, -0.2) is 4.63 Å². The summed E-state index contributed by atoms with van der Waals surface area (Å²) < 4.78 is 6.51. The Labute approximate surface area is 159 Å². The fourth-order valence-corrected chi connectivity index (χ4v) is 4.41. The highest BCUT2D eigenvalue weighted by Crippen LogP contribution is 2.24. The van der Waals surface area contributed by atoms with Gasteiger partial charge < -0.3 is 5.73 Å². The zero-order valence-corrected chi connectivity index (χ0v) is 16.3. The molecule has 0 aliphatic carbocycles. The van der Waals surface area contributed by atoms with Crippen molar-refractivity contribution in [3.63, 3.8) is 0 Å². The van der Waals surface area contributed by atoms with Crippen molar-refractivity contribution in [1.82, 2.24) is 35.1 Å². The zero-order chi connectivity index (χ0) is 18.8. The molecule has 0 spiro atoms. The summed E-state index contributed by atoms with van der Waals surface area (Å²) in [5.74, 6) is 2.12. The molecule has 2 aromatic rings. The van der Waals surface area contributed by atoms with Gasteiger partial charge in [0.25, 0.3) is 0 Å². The van der Waals surface area contributed by atoms with Crippen molar-refractivity contribution in [1.29, 1.82) is 0 Å². The van der Waals surface area contributed by atoms with Crippen LogP contribution in [0.1, 0.15) is 50.9 Å². The Hall–Kier alpha value is -2.00. The molecule has 4 rings (SSSR count). The number of anilines is 1. The second-order valence-corrected chi connectivity index (χ2v) is 8.33. The van der Waals surface area contributed by atoms with Crippen LogP contribution in [0.4, 0.5) is 5.82 Å². The highest BCUT2D eigenvalue weighted by molar-refractivity contribution is 5.44. The maximum Gasteiger partial charge on any atom is 0.243 e. The largest absolute Gasteiger partial charge is 0.378 e. The lowest BCUT2D eigenvalue weighted by Crippen LogP contribution is -2.36. The van der Waals surface area contributed by atoms with Gasteiger partial charge in [0.2, 0.25) is 11.6 Å². The predicted molar refractivity (Wildman–Crippen MR) is 101 cm³/mol. The molecule has 2 fully saturated rings. The van der Waals surface area contributed by atoms with Gasteiger partial charge in [0.1, 0.15) is 5.69 Å². The first-order valence-corrected chi connectivity index (χ1v) is 10.1. The number of rotatable bonds is 5. The number of hydrogen-bond donors (Lipinski definition) is 1. The molecule has 9 heteroatoms. The predicted octanol–water partition coefficient (Wildman–Crippen LogP) is 1.70. The smallest absolute Gasteiger partial charge is 0.243 e. The van der Waals surface area contributed by atoms with Gasteiger partial charge in [-0.1, -0.05) is 19.1 Å². The lowest BCUT2D eigenvalue weighted by atomic mass is 9.99. The normalized spacial score (nSPS) is 25.1. The van der Waals surface area contributed by atoms with E-state index in [4.69, 9.17) is 10.4 Å². The minimum Gasteiger partial charge on any atom is -0.378 e. The van der Waals surface area contributed by atoms with Crippen molar-refractivity contribution in [2.75, 3.05) is 31.9 Å². The summed E-state index contributed by atoms with van der Waals surface area (Å²) in [7, 11) is 0. The Morgan fingerprint density at radius 1 is 1.00 bits per heavy atom. The van der Waals surface area contributed by atoms with Gasteiger partial charge in [-0.2, -0.15) is 4.68 Å². The molecule has 9 nitrogen and oxygen atoms in total. The minimum atomic E-state index is 0.242. The van der Waals surface area contributed by atoms with Gasteiger partial charge in [0.15, 0.2) is 0 Å². The molecular formula is C18H30N8O. The van der Waals surface area contributed by atoms with E-state index in [0.29, 0.717) is 11.7 Å². The maximum atomic E-state index is 5.93. The molecule has 2 saturated heterocycles. The summed E-state index contributed by atoms with van der Waals surface area (Å²) in [5, 5.41) is 16.5. The summed E-state index contributed by atoms with van der Waals surface area (Å²) in [6, 6.07) is 0. The minimum absolute atomic E-state index is 0.242. The van der Waals surface area contributed by atoms with Gasteiger partial charge in [-0.3, -0.25) is 9.80 Å². The third kappa shape index (κ3) is 4.14. The number of nitrogen functional groups attached to an aromatic ring is 1. The van der Waals surface area contributed by atoms with Crippen LogP contribution in [0, 0.1) is 11.8 Å². The summed E-state index contributed by atoms with van der Waals surface area (Å²) in [5.41, 5.74) is 7.98. The van der Waals surface area contributed by atoms with Crippen molar-refractivity contribution >= 4 is 5.82 Å². The Morgan fingerprint density at radius 3 is 2.26 bits per heavy atom. The van der Waals surface area contributed by atoms with E-state index in [1.54, 1.807) is 4.68 Å². The third-order valence-electron chi connectivity index (χ3n) is 5.77. The molecule has 0 aromatic carbocycles. The lowest BCUT2D eigenvalue weighted by molar-refractivity contribution is 0.165. The van der Waals surface area contributed by atoms with Crippen molar-refractivity contribution in [3.05, 3.63) is 11.4 Å². The van der Waals surface area contributed by atoms with E-state index in [1.165, 1.54) is 25.7 Å². The van der Waals surface area contributed by atoms with E-state index < -0.39 is 0 Å². The Balaban J connectivity index is 1.60. The topological polar surface area (TPSA) is 102 Å². The second-order valence-electron chi connectivity index (χ2n) is 8.33. The molecule has 0 radical (unpaired) electrons. The fourth-order valence-electron chi connectivity index (χ4n) is 4.41. The molecule has 0 amide bonds. The van der Waals surface area contributed by atoms with Crippen LogP contribution < -0.4 is 5.73 Å². The van der Waals surface area contributed by atoms with Crippen LogP contribution in [0.2, 0.25) is 0 Å². The number of hydrogen-bond acceptors (Lipinski definition) is 8. The first-order chi connectivity index (χ1) is 13.1. The number of likely N-dealkylation sites (tertiary alicyclic amines) is 2. The standard InChI is InChI=1S/C18H30N8O/c1-13-5-3-7-24(9-13)11-15-16(12-25-8-4-6-14(2)10-25)26(23-20-15)18-17(19)21-27-22-18/h13-14H,3-12H2,1-2H3,(H2,19,21)/t13-,14-/m0/s1. The van der Waals surface area contributed by atoms with Gasteiger partial charge in [0, 0.05) is 26.2 Å². The van der Waals surface area contributed by atoms with Crippen molar-refractivity contribution in [2.45, 2.75) is 52.6 Å². The monoisotopic (exact) mass is 374 g/mol. The quantitative estimate of drug-likeness (QED) is 0.844. The lowest BCUT2D eigenvalue weighted by Gasteiger charge is -2.32. The molecule has 0 saturated carbocycles. The maximum absolute atomic E-state index is 5.93. The molecule has 0 bridgehead atoms. The van der Waals surface area contributed by atoms with E-state index in [1.807, 2.05) is 0 Å². The van der Waals surface area contributed by atoms with Crippen LogP contribution in [0.15, 0.2) is 4.63 Å². The summed E-state index contributed by atoms with van der Waals surface area (Å²) in [6.45, 7) is 10.7. The first-order valence-electron chi connectivity index (χ1n) is 10.1.